The van der Waals surface area contributed by atoms with Crippen LogP contribution in [-0.2, 0) is 10.4 Å². The maximum Gasteiger partial charge on any atom is 0.155 e. The van der Waals surface area contributed by atoms with Crippen molar-refractivity contribution in [1.29, 1.82) is 0 Å². The van der Waals surface area contributed by atoms with Gasteiger partial charge in [0.15, 0.2) is 6.29 Å². The molecule has 1 rings (SSSR count). The van der Waals surface area contributed by atoms with Crippen LogP contribution in [0.15, 0.2) is 18.2 Å². The number of hydrogen-bond donors (Lipinski definition) is 1. The van der Waals surface area contributed by atoms with Crippen molar-refractivity contribution in [3.05, 3.63) is 35.1 Å². The van der Waals surface area contributed by atoms with Crippen molar-refractivity contribution >= 4 is 6.29 Å². The predicted octanol–water partition coefficient (Wildman–Crippen LogP) is 1.54. The lowest BCUT2D eigenvalue weighted by molar-refractivity contribution is -0.123. The molecule has 2 nitrogen and oxygen atoms in total. The molecule has 0 aromatic heterocycles. The van der Waals surface area contributed by atoms with Gasteiger partial charge in [-0.3, -0.25) is 4.79 Å². The van der Waals surface area contributed by atoms with E-state index in [1.807, 2.05) is 0 Å². The van der Waals surface area contributed by atoms with Crippen LogP contribution in [0.3, 0.4) is 0 Å². The molecule has 0 heterocycles. The maximum atomic E-state index is 12.9. The van der Waals surface area contributed by atoms with E-state index in [-0.39, 0.29) is 5.56 Å². The normalized spacial score (nSPS) is 15.1. The van der Waals surface area contributed by atoms with Gasteiger partial charge in [0.05, 0.1) is 0 Å². The Labute approximate surface area is 76.0 Å². The summed E-state index contributed by atoms with van der Waals surface area (Å²) in [5.74, 6) is -0.447. The lowest BCUT2D eigenvalue weighted by atomic mass is 9.96. The van der Waals surface area contributed by atoms with Crippen LogP contribution >= 0.6 is 0 Å². The summed E-state index contributed by atoms with van der Waals surface area (Å²) in [6, 6.07) is 4.07. The van der Waals surface area contributed by atoms with E-state index in [0.29, 0.717) is 11.8 Å². The monoisotopic (exact) mass is 182 g/mol. The highest BCUT2D eigenvalue weighted by atomic mass is 19.1. The highest BCUT2D eigenvalue weighted by molar-refractivity contribution is 5.65. The molecule has 0 saturated carbocycles. The Hall–Kier alpha value is -1.22. The summed E-state index contributed by atoms with van der Waals surface area (Å²) in [7, 11) is 0. The van der Waals surface area contributed by atoms with E-state index in [9.17, 15) is 14.3 Å². The molecular weight excluding hydrogens is 171 g/mol. The topological polar surface area (TPSA) is 37.3 Å². The van der Waals surface area contributed by atoms with Crippen molar-refractivity contribution in [3.8, 4) is 0 Å². The van der Waals surface area contributed by atoms with Crippen LogP contribution in [0, 0.1) is 12.7 Å². The molecule has 0 aliphatic heterocycles. The first-order chi connectivity index (χ1) is 5.95. The molecule has 0 aliphatic carbocycles. The number of hydrogen-bond acceptors (Lipinski definition) is 2. The smallest absolute Gasteiger partial charge is 0.155 e. The number of aldehydes is 1. The van der Waals surface area contributed by atoms with Gasteiger partial charge >= 0.3 is 0 Å². The average Bonchev–Trinajstić information content (AvgIpc) is 2.02. The van der Waals surface area contributed by atoms with Crippen molar-refractivity contribution in [3.63, 3.8) is 0 Å². The van der Waals surface area contributed by atoms with E-state index in [0.717, 1.165) is 6.07 Å². The summed E-state index contributed by atoms with van der Waals surface area (Å²) in [6.07, 6.45) is 0.390. The molecule has 70 valence electrons. The summed E-state index contributed by atoms with van der Waals surface area (Å²) >= 11 is 0. The van der Waals surface area contributed by atoms with Crippen molar-refractivity contribution in [2.75, 3.05) is 0 Å². The fourth-order valence-corrected chi connectivity index (χ4v) is 1.10. The van der Waals surface area contributed by atoms with E-state index in [1.165, 1.54) is 13.0 Å². The van der Waals surface area contributed by atoms with Gasteiger partial charge in [0.25, 0.3) is 0 Å². The second kappa shape index (κ2) is 3.26. The third-order valence-corrected chi connectivity index (χ3v) is 1.86. The number of carbonyl (C=O) groups is 1. The SMILES string of the molecule is Cc1cc(F)cc(C(C)(O)C=O)c1. The van der Waals surface area contributed by atoms with Gasteiger partial charge in [-0.15, -0.1) is 0 Å². The molecule has 0 saturated heterocycles. The van der Waals surface area contributed by atoms with Crippen LogP contribution in [0.25, 0.3) is 0 Å². The Bertz CT molecular complexity index is 311. The zero-order valence-corrected chi connectivity index (χ0v) is 7.54. The zero-order chi connectivity index (χ0) is 10.1. The maximum absolute atomic E-state index is 12.9. The van der Waals surface area contributed by atoms with Crippen LogP contribution < -0.4 is 0 Å². The minimum absolute atomic E-state index is 0.278. The summed E-state index contributed by atoms with van der Waals surface area (Å²) in [5, 5.41) is 9.51. The molecule has 0 radical (unpaired) electrons. The lowest BCUT2D eigenvalue weighted by Crippen LogP contribution is -2.22. The van der Waals surface area contributed by atoms with Gasteiger partial charge in [0, 0.05) is 0 Å². The molecule has 0 spiro atoms. The summed E-state index contributed by atoms with van der Waals surface area (Å²) in [4.78, 5) is 10.5. The van der Waals surface area contributed by atoms with Crippen LogP contribution in [0.4, 0.5) is 4.39 Å². The highest BCUT2D eigenvalue weighted by Gasteiger charge is 2.22. The van der Waals surface area contributed by atoms with Crippen LogP contribution in [0.1, 0.15) is 18.1 Å². The minimum Gasteiger partial charge on any atom is -0.378 e. The molecule has 13 heavy (non-hydrogen) atoms. The van der Waals surface area contributed by atoms with E-state index in [2.05, 4.69) is 0 Å². The van der Waals surface area contributed by atoms with Gasteiger partial charge in [-0.05, 0) is 37.1 Å². The number of aliphatic hydroxyl groups is 1. The molecular formula is C10H11FO2. The van der Waals surface area contributed by atoms with E-state index < -0.39 is 11.4 Å². The molecule has 1 aromatic rings. The summed E-state index contributed by atoms with van der Waals surface area (Å²) in [6.45, 7) is 3.03. The van der Waals surface area contributed by atoms with E-state index >= 15 is 0 Å². The largest absolute Gasteiger partial charge is 0.378 e. The Morgan fingerprint density at radius 3 is 2.54 bits per heavy atom. The number of rotatable bonds is 2. The van der Waals surface area contributed by atoms with Gasteiger partial charge < -0.3 is 5.11 Å². The Kier molecular flexibility index (Phi) is 2.48. The first-order valence-electron chi connectivity index (χ1n) is 3.92. The summed E-state index contributed by atoms with van der Waals surface area (Å²) < 4.78 is 12.9. The molecule has 1 atom stereocenters. The van der Waals surface area contributed by atoms with Crippen molar-refractivity contribution < 1.29 is 14.3 Å². The number of aryl methyl sites for hydroxylation is 1. The highest BCUT2D eigenvalue weighted by Crippen LogP contribution is 2.20. The molecule has 1 N–H and O–H groups in total. The van der Waals surface area contributed by atoms with E-state index in [4.69, 9.17) is 0 Å². The molecule has 0 aliphatic rings. The first kappa shape index (κ1) is 9.86. The Balaban J connectivity index is 3.22. The number of halogens is 1. The van der Waals surface area contributed by atoms with E-state index in [1.54, 1.807) is 13.0 Å². The van der Waals surface area contributed by atoms with Gasteiger partial charge in [-0.2, -0.15) is 0 Å². The average molecular weight is 182 g/mol. The van der Waals surface area contributed by atoms with Gasteiger partial charge in [-0.25, -0.2) is 4.39 Å². The quantitative estimate of drug-likeness (QED) is 0.704. The first-order valence-corrected chi connectivity index (χ1v) is 3.92. The molecule has 1 unspecified atom stereocenters. The number of benzene rings is 1. The van der Waals surface area contributed by atoms with Gasteiger partial charge in [0.1, 0.15) is 11.4 Å². The second-order valence-corrected chi connectivity index (χ2v) is 3.28. The van der Waals surface area contributed by atoms with Crippen LogP contribution in [0.2, 0.25) is 0 Å². The molecule has 0 bridgehead atoms. The van der Waals surface area contributed by atoms with Crippen molar-refractivity contribution in [2.24, 2.45) is 0 Å². The predicted molar refractivity (Wildman–Crippen MR) is 46.8 cm³/mol. The van der Waals surface area contributed by atoms with Gasteiger partial charge in [-0.1, -0.05) is 6.07 Å². The third kappa shape index (κ3) is 2.12. The third-order valence-electron chi connectivity index (χ3n) is 1.86. The lowest BCUT2D eigenvalue weighted by Gasteiger charge is -2.16. The van der Waals surface area contributed by atoms with Crippen LogP contribution in [-0.4, -0.2) is 11.4 Å². The zero-order valence-electron chi connectivity index (χ0n) is 7.54. The minimum atomic E-state index is -1.60. The van der Waals surface area contributed by atoms with Crippen LogP contribution in [0.5, 0.6) is 0 Å². The Morgan fingerprint density at radius 2 is 2.08 bits per heavy atom. The van der Waals surface area contributed by atoms with Gasteiger partial charge in [0.2, 0.25) is 0 Å². The fraction of sp³-hybridized carbons (Fsp3) is 0.300. The van der Waals surface area contributed by atoms with Crippen molar-refractivity contribution in [1.82, 2.24) is 0 Å². The fourth-order valence-electron chi connectivity index (χ4n) is 1.10. The molecule has 0 amide bonds. The number of carbonyl (C=O) groups excluding carboxylic acids is 1. The molecule has 1 aromatic carbocycles. The Morgan fingerprint density at radius 1 is 1.46 bits per heavy atom. The molecule has 3 heteroatoms. The summed E-state index contributed by atoms with van der Waals surface area (Å²) in [5.41, 5.74) is -0.649. The molecule has 0 fully saturated rings. The van der Waals surface area contributed by atoms with Crippen molar-refractivity contribution in [2.45, 2.75) is 19.4 Å². The standard InChI is InChI=1S/C10H11FO2/c1-7-3-8(5-9(11)4-7)10(2,13)6-12/h3-6,13H,1-2H3. The second-order valence-electron chi connectivity index (χ2n) is 3.28.